The van der Waals surface area contributed by atoms with Gasteiger partial charge in [0.2, 0.25) is 5.91 Å². The summed E-state index contributed by atoms with van der Waals surface area (Å²) in [4.78, 5) is 30.3. The smallest absolute Gasteiger partial charge is 0.223 e. The molecule has 1 saturated heterocycles. The minimum absolute atomic E-state index is 0.0368. The highest BCUT2D eigenvalue weighted by molar-refractivity contribution is 7.09. The van der Waals surface area contributed by atoms with Crippen LogP contribution in [0.25, 0.3) is 0 Å². The highest BCUT2D eigenvalue weighted by atomic mass is 32.1. The highest BCUT2D eigenvalue weighted by Gasteiger charge is 2.28. The second-order valence-electron chi connectivity index (χ2n) is 8.15. The lowest BCUT2D eigenvalue weighted by Crippen LogP contribution is -2.40. The second kappa shape index (κ2) is 8.24. The Balaban J connectivity index is 1.91. The number of aromatic nitrogens is 1. The normalized spacial score (nSPS) is 18.7. The first-order valence-corrected chi connectivity index (χ1v) is 9.84. The average molecular weight is 351 g/mol. The summed E-state index contributed by atoms with van der Waals surface area (Å²) in [7, 11) is 0. The summed E-state index contributed by atoms with van der Waals surface area (Å²) in [5, 5.41) is 3.27. The van der Waals surface area contributed by atoms with E-state index in [4.69, 9.17) is 4.98 Å². The quantitative estimate of drug-likeness (QED) is 0.773. The average Bonchev–Trinajstić information content (AvgIpc) is 2.94. The monoisotopic (exact) mass is 350 g/mol. The van der Waals surface area contributed by atoms with Crippen LogP contribution in [0.3, 0.4) is 0 Å². The molecule has 2 heterocycles. The fourth-order valence-corrected chi connectivity index (χ4v) is 4.10. The number of aryl methyl sites for hydroxylation is 1. The lowest BCUT2D eigenvalue weighted by atomic mass is 9.90. The van der Waals surface area contributed by atoms with Crippen molar-refractivity contribution in [2.45, 2.75) is 72.1 Å². The first-order valence-electron chi connectivity index (χ1n) is 8.96. The Morgan fingerprint density at radius 2 is 2.12 bits per heavy atom. The largest absolute Gasteiger partial charge is 0.342 e. The van der Waals surface area contributed by atoms with Gasteiger partial charge in [-0.15, -0.1) is 11.3 Å². The van der Waals surface area contributed by atoms with Crippen LogP contribution in [0.4, 0.5) is 0 Å². The number of thiazole rings is 1. The van der Waals surface area contributed by atoms with Crippen LogP contribution in [0.5, 0.6) is 0 Å². The minimum atomic E-state index is 0.0368. The van der Waals surface area contributed by atoms with Crippen molar-refractivity contribution in [3.63, 3.8) is 0 Å². The molecule has 134 valence electrons. The molecule has 0 bridgehead atoms. The second-order valence-corrected chi connectivity index (χ2v) is 9.04. The molecule has 1 unspecified atom stereocenters. The van der Waals surface area contributed by atoms with Gasteiger partial charge in [-0.2, -0.15) is 0 Å². The highest BCUT2D eigenvalue weighted by Crippen LogP contribution is 2.31. The molecule has 1 aliphatic rings. The molecule has 1 fully saturated rings. The summed E-state index contributed by atoms with van der Waals surface area (Å²) in [5.74, 6) is 0.880. The van der Waals surface area contributed by atoms with E-state index in [1.807, 2.05) is 4.90 Å². The Hall–Kier alpha value is -1.23. The van der Waals surface area contributed by atoms with Crippen molar-refractivity contribution in [1.82, 2.24) is 9.88 Å². The maximum atomic E-state index is 12.5. The summed E-state index contributed by atoms with van der Waals surface area (Å²) in [6.07, 6.45) is 5.15. The van der Waals surface area contributed by atoms with Crippen LogP contribution < -0.4 is 0 Å². The van der Waals surface area contributed by atoms with Gasteiger partial charge in [-0.1, -0.05) is 20.8 Å². The van der Waals surface area contributed by atoms with E-state index in [2.05, 4.69) is 26.2 Å². The van der Waals surface area contributed by atoms with Gasteiger partial charge in [0.25, 0.3) is 0 Å². The molecule has 1 aromatic rings. The van der Waals surface area contributed by atoms with Crippen molar-refractivity contribution in [1.29, 1.82) is 0 Å². The van der Waals surface area contributed by atoms with Crippen molar-refractivity contribution in [3.05, 3.63) is 16.1 Å². The van der Waals surface area contributed by atoms with Gasteiger partial charge in [0.1, 0.15) is 5.78 Å². The molecule has 1 atom stereocenters. The molecular weight excluding hydrogens is 320 g/mol. The molecule has 4 nitrogen and oxygen atoms in total. The molecular formula is C19H30N2O2S. The molecule has 1 amide bonds. The third kappa shape index (κ3) is 6.00. The zero-order valence-electron chi connectivity index (χ0n) is 15.4. The Bertz CT molecular complexity index is 574. The van der Waals surface area contributed by atoms with Crippen molar-refractivity contribution < 1.29 is 9.59 Å². The maximum absolute atomic E-state index is 12.5. The van der Waals surface area contributed by atoms with Gasteiger partial charge < -0.3 is 9.69 Å². The van der Waals surface area contributed by atoms with Crippen molar-refractivity contribution >= 4 is 23.0 Å². The molecule has 0 spiro atoms. The number of amides is 1. The molecule has 1 aromatic heterocycles. The van der Waals surface area contributed by atoms with E-state index in [9.17, 15) is 9.59 Å². The topological polar surface area (TPSA) is 50.3 Å². The molecule has 0 aromatic carbocycles. The number of piperidine rings is 1. The summed E-state index contributed by atoms with van der Waals surface area (Å²) in [5.41, 5.74) is 1.13. The molecule has 5 heteroatoms. The summed E-state index contributed by atoms with van der Waals surface area (Å²) < 4.78 is 0. The summed E-state index contributed by atoms with van der Waals surface area (Å²) >= 11 is 1.71. The molecule has 0 N–H and O–H groups in total. The standard InChI is InChI=1S/C19H30N2O2S/c1-14(22)7-5-9-16-13-24-18(20-16)15-8-6-10-21(12-15)17(23)11-19(2,3)4/h13,15H,5-12H2,1-4H3. The van der Waals surface area contributed by atoms with Gasteiger partial charge >= 0.3 is 0 Å². The maximum Gasteiger partial charge on any atom is 0.223 e. The van der Waals surface area contributed by atoms with Crippen LogP contribution in [-0.4, -0.2) is 34.7 Å². The van der Waals surface area contributed by atoms with E-state index < -0.39 is 0 Å². The number of likely N-dealkylation sites (tertiary alicyclic amines) is 1. The van der Waals surface area contributed by atoms with E-state index in [-0.39, 0.29) is 17.1 Å². The fraction of sp³-hybridized carbons (Fsp3) is 0.737. The summed E-state index contributed by atoms with van der Waals surface area (Å²) in [6, 6.07) is 0. The van der Waals surface area contributed by atoms with Gasteiger partial charge in [0.15, 0.2) is 0 Å². The first-order chi connectivity index (χ1) is 11.2. The van der Waals surface area contributed by atoms with Gasteiger partial charge in [-0.3, -0.25) is 4.79 Å². The number of carbonyl (C=O) groups excluding carboxylic acids is 2. The van der Waals surface area contributed by atoms with Gasteiger partial charge in [0, 0.05) is 37.2 Å². The lowest BCUT2D eigenvalue weighted by Gasteiger charge is -2.33. The fourth-order valence-electron chi connectivity index (χ4n) is 3.11. The number of hydrogen-bond donors (Lipinski definition) is 0. The number of ketones is 1. The van der Waals surface area contributed by atoms with Crippen LogP contribution in [0, 0.1) is 5.41 Å². The van der Waals surface area contributed by atoms with E-state index in [1.54, 1.807) is 18.3 Å². The number of carbonyl (C=O) groups is 2. The van der Waals surface area contributed by atoms with E-state index >= 15 is 0 Å². The predicted molar refractivity (Wildman–Crippen MR) is 98.4 cm³/mol. The van der Waals surface area contributed by atoms with Crippen LogP contribution in [-0.2, 0) is 16.0 Å². The molecule has 0 radical (unpaired) electrons. The van der Waals surface area contributed by atoms with Crippen LogP contribution in [0.2, 0.25) is 0 Å². The molecule has 0 aliphatic carbocycles. The molecule has 1 aliphatic heterocycles. The number of rotatable bonds is 6. The third-order valence-electron chi connectivity index (χ3n) is 4.34. The van der Waals surface area contributed by atoms with Crippen LogP contribution >= 0.6 is 11.3 Å². The number of hydrogen-bond acceptors (Lipinski definition) is 4. The number of Topliss-reactive ketones (excluding diaryl/α,β-unsaturated/α-hetero) is 1. The zero-order chi connectivity index (χ0) is 17.7. The van der Waals surface area contributed by atoms with E-state index in [0.29, 0.717) is 18.8 Å². The van der Waals surface area contributed by atoms with Crippen molar-refractivity contribution in [2.24, 2.45) is 5.41 Å². The third-order valence-corrected chi connectivity index (χ3v) is 5.39. The SMILES string of the molecule is CC(=O)CCCc1csc(C2CCCN(C(=O)CC(C)(C)C)C2)n1. The Labute approximate surface area is 149 Å². The van der Waals surface area contributed by atoms with Gasteiger partial charge in [-0.25, -0.2) is 4.98 Å². The first kappa shape index (κ1) is 19.1. The number of nitrogens with zero attached hydrogens (tertiary/aromatic N) is 2. The van der Waals surface area contributed by atoms with E-state index in [0.717, 1.165) is 49.5 Å². The molecule has 0 saturated carbocycles. The Kier molecular flexibility index (Phi) is 6.55. The molecule has 24 heavy (non-hydrogen) atoms. The molecule has 2 rings (SSSR count). The lowest BCUT2D eigenvalue weighted by molar-refractivity contribution is -0.134. The van der Waals surface area contributed by atoms with Crippen molar-refractivity contribution in [2.75, 3.05) is 13.1 Å². The van der Waals surface area contributed by atoms with Gasteiger partial charge in [-0.05, 0) is 38.0 Å². The van der Waals surface area contributed by atoms with Crippen LogP contribution in [0.1, 0.15) is 76.4 Å². The summed E-state index contributed by atoms with van der Waals surface area (Å²) in [6.45, 7) is 9.65. The Morgan fingerprint density at radius 3 is 2.79 bits per heavy atom. The van der Waals surface area contributed by atoms with Gasteiger partial charge in [0.05, 0.1) is 10.7 Å². The van der Waals surface area contributed by atoms with Crippen LogP contribution in [0.15, 0.2) is 5.38 Å². The predicted octanol–water partition coefficient (Wildman–Crippen LogP) is 4.20. The van der Waals surface area contributed by atoms with Crippen molar-refractivity contribution in [3.8, 4) is 0 Å². The van der Waals surface area contributed by atoms with E-state index in [1.165, 1.54) is 0 Å². The Morgan fingerprint density at radius 1 is 1.38 bits per heavy atom. The zero-order valence-corrected chi connectivity index (χ0v) is 16.2. The minimum Gasteiger partial charge on any atom is -0.342 e.